The molecule has 2 N–H and O–H groups in total. The van der Waals surface area contributed by atoms with E-state index >= 15 is 0 Å². The van der Waals surface area contributed by atoms with Crippen molar-refractivity contribution < 1.29 is 24.2 Å². The Balaban J connectivity index is 1.67. The van der Waals surface area contributed by atoms with E-state index in [1.54, 1.807) is 37.4 Å². The van der Waals surface area contributed by atoms with E-state index in [1.165, 1.54) is 16.7 Å². The molecule has 2 fully saturated rings. The van der Waals surface area contributed by atoms with E-state index < -0.39 is 30.1 Å². The number of carbonyl (C=O) groups is 3. The number of amides is 1. The SMILES string of the molecule is CCOC(=O)[C@H](CSc1ccccc1)N[C@@H](C)C(=O)N1CC2(CC1C(=O)O)SCCS2. The van der Waals surface area contributed by atoms with E-state index in [-0.39, 0.29) is 16.6 Å². The molecule has 170 valence electrons. The molecule has 2 saturated heterocycles. The number of thioether (sulfide) groups is 3. The lowest BCUT2D eigenvalue weighted by Crippen LogP contribution is -2.54. The zero-order valence-corrected chi connectivity index (χ0v) is 20.1. The number of ether oxygens (including phenoxy) is 1. The summed E-state index contributed by atoms with van der Waals surface area (Å²) in [5.74, 6) is 0.644. The second-order valence-corrected chi connectivity index (χ2v) is 11.8. The van der Waals surface area contributed by atoms with E-state index in [0.29, 0.717) is 18.7 Å². The third kappa shape index (κ3) is 6.12. The van der Waals surface area contributed by atoms with Gasteiger partial charge in [-0.2, -0.15) is 0 Å². The van der Waals surface area contributed by atoms with Gasteiger partial charge in [-0.3, -0.25) is 14.9 Å². The first-order chi connectivity index (χ1) is 14.8. The van der Waals surface area contributed by atoms with Crippen molar-refractivity contribution in [3.8, 4) is 0 Å². The van der Waals surface area contributed by atoms with E-state index in [1.807, 2.05) is 30.3 Å². The number of rotatable bonds is 9. The summed E-state index contributed by atoms with van der Waals surface area (Å²) >= 11 is 4.99. The van der Waals surface area contributed by atoms with Gasteiger partial charge >= 0.3 is 11.9 Å². The Kier molecular flexibility index (Phi) is 8.60. The Hall–Kier alpha value is -1.36. The fourth-order valence-electron chi connectivity index (χ4n) is 3.74. The van der Waals surface area contributed by atoms with Gasteiger partial charge in [0.15, 0.2) is 0 Å². The minimum absolute atomic E-state index is 0.234. The molecule has 1 spiro atoms. The quantitative estimate of drug-likeness (QED) is 0.405. The second kappa shape index (κ2) is 11.0. The Bertz CT molecular complexity index is 788. The van der Waals surface area contributed by atoms with Crippen LogP contribution in [0.1, 0.15) is 20.3 Å². The molecule has 10 heteroatoms. The lowest BCUT2D eigenvalue weighted by Gasteiger charge is -2.28. The number of benzene rings is 1. The molecular weight excluding hydrogens is 456 g/mol. The van der Waals surface area contributed by atoms with Crippen molar-refractivity contribution in [2.75, 3.05) is 30.4 Å². The monoisotopic (exact) mass is 484 g/mol. The third-order valence-corrected chi connectivity index (χ3v) is 9.76. The average molecular weight is 485 g/mol. The Morgan fingerprint density at radius 2 is 1.97 bits per heavy atom. The molecule has 2 heterocycles. The van der Waals surface area contributed by atoms with Crippen LogP contribution < -0.4 is 5.32 Å². The number of likely N-dealkylation sites (tertiary alicyclic amines) is 1. The maximum Gasteiger partial charge on any atom is 0.326 e. The van der Waals surface area contributed by atoms with Crippen LogP contribution in [0.5, 0.6) is 0 Å². The molecule has 1 unspecified atom stereocenters. The lowest BCUT2D eigenvalue weighted by molar-refractivity contribution is -0.150. The van der Waals surface area contributed by atoms with E-state index in [4.69, 9.17) is 4.74 Å². The molecule has 3 rings (SSSR count). The molecule has 1 amide bonds. The molecule has 0 bridgehead atoms. The number of carbonyl (C=O) groups excluding carboxylic acids is 2. The number of nitrogens with one attached hydrogen (secondary N) is 1. The molecule has 1 aromatic rings. The van der Waals surface area contributed by atoms with Gasteiger partial charge in [0, 0.05) is 35.1 Å². The molecule has 7 nitrogen and oxygen atoms in total. The fourth-order valence-corrected chi connectivity index (χ4v) is 7.94. The largest absolute Gasteiger partial charge is 0.480 e. The van der Waals surface area contributed by atoms with Gasteiger partial charge in [0.1, 0.15) is 12.1 Å². The van der Waals surface area contributed by atoms with Crippen LogP contribution in [0.2, 0.25) is 0 Å². The number of carboxylic acids is 1. The minimum Gasteiger partial charge on any atom is -0.480 e. The smallest absolute Gasteiger partial charge is 0.326 e. The molecule has 31 heavy (non-hydrogen) atoms. The topological polar surface area (TPSA) is 95.9 Å². The highest BCUT2D eigenvalue weighted by Crippen LogP contribution is 2.51. The molecule has 0 aliphatic carbocycles. The predicted molar refractivity (Wildman–Crippen MR) is 126 cm³/mol. The maximum absolute atomic E-state index is 13.2. The number of hydrogen-bond donors (Lipinski definition) is 2. The Morgan fingerprint density at radius 1 is 1.29 bits per heavy atom. The van der Waals surface area contributed by atoms with Crippen molar-refractivity contribution in [2.45, 2.75) is 47.4 Å². The van der Waals surface area contributed by atoms with Crippen molar-refractivity contribution in [1.82, 2.24) is 10.2 Å². The van der Waals surface area contributed by atoms with E-state index in [0.717, 1.165) is 16.4 Å². The summed E-state index contributed by atoms with van der Waals surface area (Å²) in [7, 11) is 0. The van der Waals surface area contributed by atoms with Crippen LogP contribution in [0.4, 0.5) is 0 Å². The normalized spacial score (nSPS) is 21.7. The fraction of sp³-hybridized carbons (Fsp3) is 0.571. The van der Waals surface area contributed by atoms with Gasteiger partial charge in [0.2, 0.25) is 5.91 Å². The Morgan fingerprint density at radius 3 is 2.58 bits per heavy atom. The number of carboxylic acid groups (broad SMARTS) is 1. The molecule has 2 aliphatic heterocycles. The van der Waals surface area contributed by atoms with Crippen molar-refractivity contribution in [3.05, 3.63) is 30.3 Å². The summed E-state index contributed by atoms with van der Waals surface area (Å²) in [5, 5.41) is 12.8. The first-order valence-corrected chi connectivity index (χ1v) is 13.2. The summed E-state index contributed by atoms with van der Waals surface area (Å²) < 4.78 is 4.96. The zero-order chi connectivity index (χ0) is 22.4. The molecule has 0 saturated carbocycles. The van der Waals surface area contributed by atoms with Crippen molar-refractivity contribution in [3.63, 3.8) is 0 Å². The van der Waals surface area contributed by atoms with Gasteiger partial charge in [-0.15, -0.1) is 35.3 Å². The van der Waals surface area contributed by atoms with Crippen LogP contribution in [0.3, 0.4) is 0 Å². The second-order valence-electron chi connectivity index (χ2n) is 7.45. The molecule has 3 atom stereocenters. The average Bonchev–Trinajstić information content (AvgIpc) is 3.38. The highest BCUT2D eigenvalue weighted by Gasteiger charge is 2.52. The highest BCUT2D eigenvalue weighted by molar-refractivity contribution is 8.21. The molecular formula is C21H28N2O5S3. The van der Waals surface area contributed by atoms with Crippen molar-refractivity contribution >= 4 is 53.1 Å². The number of aliphatic carboxylic acids is 1. The van der Waals surface area contributed by atoms with Gasteiger partial charge in [0.05, 0.1) is 16.7 Å². The minimum atomic E-state index is -0.980. The van der Waals surface area contributed by atoms with Crippen molar-refractivity contribution in [2.24, 2.45) is 0 Å². The standard InChI is InChI=1S/C21H28N2O5S3/c1-3-28-20(27)16(12-29-15-7-5-4-6-8-15)22-14(2)18(24)23-13-21(30-9-10-31-21)11-17(23)19(25)26/h4-8,14,16-17,22H,3,9-13H2,1-2H3,(H,25,26)/t14-,16-,17?/m0/s1. The van der Waals surface area contributed by atoms with Crippen molar-refractivity contribution in [1.29, 1.82) is 0 Å². The van der Waals surface area contributed by atoms with Gasteiger partial charge in [-0.25, -0.2) is 4.79 Å². The van der Waals surface area contributed by atoms with Crippen LogP contribution in [0, 0.1) is 0 Å². The molecule has 1 aromatic carbocycles. The summed E-state index contributed by atoms with van der Waals surface area (Å²) in [4.78, 5) is 40.0. The summed E-state index contributed by atoms with van der Waals surface area (Å²) in [6.45, 7) is 4.08. The van der Waals surface area contributed by atoms with Crippen LogP contribution in [-0.4, -0.2) is 80.5 Å². The van der Waals surface area contributed by atoms with Crippen LogP contribution in [0.15, 0.2) is 35.2 Å². The first kappa shape index (κ1) is 24.3. The van der Waals surface area contributed by atoms with E-state index in [9.17, 15) is 19.5 Å². The van der Waals surface area contributed by atoms with Crippen LogP contribution >= 0.6 is 35.3 Å². The number of esters is 1. The molecule has 2 aliphatic rings. The Labute approximate surface area is 195 Å². The zero-order valence-electron chi connectivity index (χ0n) is 17.6. The predicted octanol–water partition coefficient (Wildman–Crippen LogP) is 2.55. The van der Waals surface area contributed by atoms with Gasteiger partial charge < -0.3 is 14.7 Å². The molecule has 0 aromatic heterocycles. The maximum atomic E-state index is 13.2. The first-order valence-electron chi connectivity index (χ1n) is 10.3. The van der Waals surface area contributed by atoms with Crippen LogP contribution in [-0.2, 0) is 19.1 Å². The third-order valence-electron chi connectivity index (χ3n) is 5.23. The molecule has 0 radical (unpaired) electrons. The summed E-state index contributed by atoms with van der Waals surface area (Å²) in [6, 6.07) is 7.46. The summed E-state index contributed by atoms with van der Waals surface area (Å²) in [5.41, 5.74) is 0. The number of hydrogen-bond acceptors (Lipinski definition) is 8. The number of nitrogens with zero attached hydrogens (tertiary/aromatic N) is 1. The van der Waals surface area contributed by atoms with E-state index in [2.05, 4.69) is 5.32 Å². The van der Waals surface area contributed by atoms with Crippen LogP contribution in [0.25, 0.3) is 0 Å². The van der Waals surface area contributed by atoms with Gasteiger partial charge in [-0.05, 0) is 26.0 Å². The summed E-state index contributed by atoms with van der Waals surface area (Å²) in [6.07, 6.45) is 0.446. The highest BCUT2D eigenvalue weighted by atomic mass is 32.2. The van der Waals surface area contributed by atoms with Gasteiger partial charge in [-0.1, -0.05) is 18.2 Å². The van der Waals surface area contributed by atoms with Gasteiger partial charge in [0.25, 0.3) is 0 Å². The lowest BCUT2D eigenvalue weighted by atomic mass is 10.2.